The molecule has 5 atom stereocenters. The third kappa shape index (κ3) is 8.13. The topological polar surface area (TPSA) is 56.3 Å². The first kappa shape index (κ1) is 35.0. The maximum absolute atomic E-state index is 14.2. The fraction of sp³-hybridized carbons (Fsp3) is 0.606. The van der Waals surface area contributed by atoms with Gasteiger partial charge in [0.25, 0.3) is 0 Å². The Balaban J connectivity index is 1.63. The number of hydrogen-bond donors (Lipinski definition) is 1. The molecule has 250 valence electrons. The molecule has 0 aromatic heterocycles. The van der Waals surface area contributed by atoms with Gasteiger partial charge in [-0.15, -0.1) is 0 Å². The van der Waals surface area contributed by atoms with Crippen LogP contribution in [0.2, 0.25) is 0 Å². The van der Waals surface area contributed by atoms with Gasteiger partial charge in [-0.2, -0.15) is 26.3 Å². The summed E-state index contributed by atoms with van der Waals surface area (Å²) in [6, 6.07) is 7.40. The number of aliphatic hydroxyl groups is 1. The van der Waals surface area contributed by atoms with Crippen LogP contribution in [-0.2, 0) is 17.1 Å². The van der Waals surface area contributed by atoms with Crippen molar-refractivity contribution in [3.05, 3.63) is 70.3 Å². The Morgan fingerprint density at radius 2 is 1.62 bits per heavy atom. The molecule has 2 fully saturated rings. The molecule has 0 spiro atoms. The van der Waals surface area contributed by atoms with Gasteiger partial charge >= 0.3 is 18.4 Å². The molecule has 2 aliphatic rings. The summed E-state index contributed by atoms with van der Waals surface area (Å²) >= 11 is 0. The predicted octanol–water partition coefficient (Wildman–Crippen LogP) is 7.52. The molecule has 2 saturated heterocycles. The summed E-state index contributed by atoms with van der Waals surface area (Å²) in [5.74, 6) is 0.346. The van der Waals surface area contributed by atoms with Gasteiger partial charge in [0.2, 0.25) is 0 Å². The second-order valence-corrected chi connectivity index (χ2v) is 13.4. The summed E-state index contributed by atoms with van der Waals surface area (Å²) in [5.41, 5.74) is -1.34. The second kappa shape index (κ2) is 13.1. The number of alkyl halides is 6. The summed E-state index contributed by atoms with van der Waals surface area (Å²) < 4.78 is 87.0. The number of piperidine rings is 1. The normalized spacial score (nSPS) is 22.7. The molecule has 0 saturated carbocycles. The largest absolute Gasteiger partial charge is 0.416 e. The Hall–Kier alpha value is -2.83. The molecule has 4 rings (SSSR count). The number of urea groups is 1. The van der Waals surface area contributed by atoms with Crippen LogP contribution in [0.15, 0.2) is 42.5 Å². The van der Waals surface area contributed by atoms with Crippen LogP contribution >= 0.6 is 0 Å². The zero-order valence-electron chi connectivity index (χ0n) is 26.5. The zero-order chi connectivity index (χ0) is 33.5. The van der Waals surface area contributed by atoms with Gasteiger partial charge in [0.1, 0.15) is 0 Å². The van der Waals surface area contributed by atoms with Gasteiger partial charge in [-0.25, -0.2) is 4.79 Å². The number of rotatable bonds is 8. The van der Waals surface area contributed by atoms with Crippen LogP contribution in [0.5, 0.6) is 0 Å². The van der Waals surface area contributed by atoms with E-state index >= 15 is 0 Å². The van der Waals surface area contributed by atoms with Gasteiger partial charge in [0.15, 0.2) is 6.29 Å². The molecule has 12 heteroatoms. The van der Waals surface area contributed by atoms with Crippen LogP contribution in [0.3, 0.4) is 0 Å². The average molecular weight is 644 g/mol. The zero-order valence-corrected chi connectivity index (χ0v) is 26.5. The van der Waals surface area contributed by atoms with E-state index in [1.54, 1.807) is 11.8 Å². The van der Waals surface area contributed by atoms with Gasteiger partial charge in [0.05, 0.1) is 29.8 Å². The van der Waals surface area contributed by atoms with Crippen LogP contribution in [0.1, 0.15) is 74.0 Å². The fourth-order valence-electron chi connectivity index (χ4n) is 6.80. The molecular weight excluding hydrogens is 600 g/mol. The molecule has 3 unspecified atom stereocenters. The fourth-order valence-corrected chi connectivity index (χ4v) is 6.80. The lowest BCUT2D eigenvalue weighted by Crippen LogP contribution is -2.51. The number of carbonyl (C=O) groups excluding carboxylic acids is 1. The number of carbonyl (C=O) groups is 1. The first-order chi connectivity index (χ1) is 20.8. The van der Waals surface area contributed by atoms with Gasteiger partial charge in [-0.3, -0.25) is 0 Å². The van der Waals surface area contributed by atoms with Gasteiger partial charge in [-0.1, -0.05) is 38.1 Å². The standard InChI is InChI=1S/C33H43F6N3O3/c1-20-9-7-8-10-27(20)29-28-17-41(18-31(4,5)19-45-22(3)43)16-23(28)11-12-42(29)30(44)40(6)21(2)24-13-25(32(34,35)36)15-26(14-24)33(37,38)39/h7-10,13-15,21-23,28-29,43H,11-12,16-19H2,1-6H3/t21-,22?,23?,28?,29+/m1/s1. The molecule has 0 radical (unpaired) electrons. The van der Waals surface area contributed by atoms with E-state index in [1.165, 1.54) is 18.9 Å². The van der Waals surface area contributed by atoms with Crippen molar-refractivity contribution in [2.45, 2.75) is 71.8 Å². The highest BCUT2D eigenvalue weighted by molar-refractivity contribution is 5.75. The number of likely N-dealkylation sites (tertiary alicyclic amines) is 2. The van der Waals surface area contributed by atoms with Crippen molar-refractivity contribution in [1.29, 1.82) is 0 Å². The molecule has 45 heavy (non-hydrogen) atoms. The molecule has 0 aliphatic carbocycles. The lowest BCUT2D eigenvalue weighted by molar-refractivity contribution is -0.143. The Bertz CT molecular complexity index is 1310. The summed E-state index contributed by atoms with van der Waals surface area (Å²) in [6.45, 7) is 12.1. The quantitative estimate of drug-likeness (QED) is 0.239. The minimum absolute atomic E-state index is 0.0615. The first-order valence-electron chi connectivity index (χ1n) is 15.2. The van der Waals surface area contributed by atoms with Crippen molar-refractivity contribution < 1.29 is 41.0 Å². The summed E-state index contributed by atoms with van der Waals surface area (Å²) in [4.78, 5) is 19.5. The Morgan fingerprint density at radius 3 is 2.18 bits per heavy atom. The van der Waals surface area contributed by atoms with Crippen molar-refractivity contribution in [1.82, 2.24) is 14.7 Å². The van der Waals surface area contributed by atoms with Crippen LogP contribution in [0, 0.1) is 24.2 Å². The molecule has 6 nitrogen and oxygen atoms in total. The van der Waals surface area contributed by atoms with Crippen LogP contribution in [0.25, 0.3) is 0 Å². The Kier molecular flexibility index (Phi) is 10.2. The minimum Gasteiger partial charge on any atom is -0.368 e. The van der Waals surface area contributed by atoms with Gasteiger partial charge in [-0.05, 0) is 68.0 Å². The van der Waals surface area contributed by atoms with Crippen molar-refractivity contribution in [3.63, 3.8) is 0 Å². The lowest BCUT2D eigenvalue weighted by Gasteiger charge is -2.45. The highest BCUT2D eigenvalue weighted by Crippen LogP contribution is 2.46. The number of fused-ring (bicyclic) bond motifs is 1. The number of amides is 2. The Labute approximate surface area is 260 Å². The van der Waals surface area contributed by atoms with Crippen molar-refractivity contribution in [3.8, 4) is 0 Å². The van der Waals surface area contributed by atoms with Gasteiger partial charge < -0.3 is 24.5 Å². The molecule has 2 aliphatic heterocycles. The number of aryl methyl sites for hydroxylation is 1. The van der Waals surface area contributed by atoms with E-state index < -0.39 is 41.8 Å². The predicted molar refractivity (Wildman–Crippen MR) is 158 cm³/mol. The van der Waals surface area contributed by atoms with E-state index in [0.29, 0.717) is 38.2 Å². The highest BCUT2D eigenvalue weighted by Gasteiger charge is 2.48. The van der Waals surface area contributed by atoms with E-state index in [9.17, 15) is 36.2 Å². The number of halogens is 6. The minimum atomic E-state index is -4.98. The maximum atomic E-state index is 14.2. The van der Waals surface area contributed by atoms with E-state index in [4.69, 9.17) is 4.74 Å². The van der Waals surface area contributed by atoms with Crippen LogP contribution in [0.4, 0.5) is 31.1 Å². The molecule has 2 amide bonds. The van der Waals surface area contributed by atoms with Crippen LogP contribution in [-0.4, -0.2) is 72.0 Å². The van der Waals surface area contributed by atoms with E-state index in [2.05, 4.69) is 18.7 Å². The van der Waals surface area contributed by atoms with Gasteiger partial charge in [0, 0.05) is 44.6 Å². The van der Waals surface area contributed by atoms with Crippen molar-refractivity contribution >= 4 is 6.03 Å². The number of ether oxygens (including phenoxy) is 1. The van der Waals surface area contributed by atoms with Crippen molar-refractivity contribution in [2.24, 2.45) is 17.3 Å². The Morgan fingerprint density at radius 1 is 1.02 bits per heavy atom. The molecular formula is C33H43F6N3O3. The lowest BCUT2D eigenvalue weighted by atomic mass is 9.78. The number of benzene rings is 2. The number of hydrogen-bond acceptors (Lipinski definition) is 4. The SMILES string of the molecule is Cc1ccccc1[C@H]1C2CN(CC(C)(C)COC(C)O)CC2CCN1C(=O)N(C)[C@H](C)c1cc(C(F)(F)F)cc(C(F)(F)F)c1. The number of nitrogens with zero attached hydrogens (tertiary/aromatic N) is 3. The van der Waals surface area contributed by atoms with E-state index in [-0.39, 0.29) is 34.9 Å². The average Bonchev–Trinajstić information content (AvgIpc) is 3.35. The summed E-state index contributed by atoms with van der Waals surface area (Å²) in [5, 5.41) is 9.59. The van der Waals surface area contributed by atoms with E-state index in [1.807, 2.05) is 31.2 Å². The highest BCUT2D eigenvalue weighted by atomic mass is 19.4. The molecule has 2 heterocycles. The molecule has 2 aromatic carbocycles. The smallest absolute Gasteiger partial charge is 0.368 e. The maximum Gasteiger partial charge on any atom is 0.416 e. The molecule has 2 aromatic rings. The second-order valence-electron chi connectivity index (χ2n) is 13.4. The first-order valence-corrected chi connectivity index (χ1v) is 15.2. The third-order valence-corrected chi connectivity index (χ3v) is 9.14. The summed E-state index contributed by atoms with van der Waals surface area (Å²) in [7, 11) is 1.42. The van der Waals surface area contributed by atoms with E-state index in [0.717, 1.165) is 24.2 Å². The summed E-state index contributed by atoms with van der Waals surface area (Å²) in [6.07, 6.45) is -10.1. The number of aliphatic hydroxyl groups excluding tert-OH is 1. The third-order valence-electron chi connectivity index (χ3n) is 9.14. The molecule has 0 bridgehead atoms. The van der Waals surface area contributed by atoms with Crippen molar-refractivity contribution in [2.75, 3.05) is 39.8 Å². The molecule has 1 N–H and O–H groups in total. The van der Waals surface area contributed by atoms with Crippen LogP contribution < -0.4 is 0 Å². The monoisotopic (exact) mass is 643 g/mol.